The van der Waals surface area contributed by atoms with Crippen molar-refractivity contribution >= 4 is 65.5 Å². The molecule has 1 aliphatic heterocycles. The van der Waals surface area contributed by atoms with Crippen molar-refractivity contribution in [3.8, 4) is 0 Å². The number of nitrogens with zero attached hydrogens (tertiary/aromatic N) is 4. The van der Waals surface area contributed by atoms with Crippen LogP contribution in [0.1, 0.15) is 0 Å². The number of aromatic nitrogens is 3. The van der Waals surface area contributed by atoms with E-state index in [0.29, 0.717) is 21.9 Å². The first-order valence-corrected chi connectivity index (χ1v) is 13.4. The van der Waals surface area contributed by atoms with Crippen molar-refractivity contribution in [2.75, 3.05) is 0 Å². The van der Waals surface area contributed by atoms with Gasteiger partial charge in [-0.25, -0.2) is 4.98 Å². The van der Waals surface area contributed by atoms with Gasteiger partial charge < -0.3 is 0 Å². The molecule has 0 saturated heterocycles. The van der Waals surface area contributed by atoms with E-state index in [4.69, 9.17) is 9.98 Å². The van der Waals surface area contributed by atoms with E-state index in [-0.39, 0.29) is 23.1 Å². The fourth-order valence-electron chi connectivity index (χ4n) is 7.33. The van der Waals surface area contributed by atoms with Crippen LogP contribution in [0, 0.1) is 5.92 Å². The van der Waals surface area contributed by atoms with E-state index in [9.17, 15) is 9.59 Å². The van der Waals surface area contributed by atoms with Crippen LogP contribution >= 0.6 is 0 Å². The Labute approximate surface area is 225 Å². The van der Waals surface area contributed by atoms with Gasteiger partial charge in [0.2, 0.25) is 0 Å². The van der Waals surface area contributed by atoms with Gasteiger partial charge in [0.05, 0.1) is 23.0 Å². The highest BCUT2D eigenvalue weighted by Crippen LogP contribution is 2.39. The van der Waals surface area contributed by atoms with Gasteiger partial charge in [-0.1, -0.05) is 54.6 Å². The molecule has 4 heterocycles. The predicted molar refractivity (Wildman–Crippen MR) is 159 cm³/mol. The second-order valence-corrected chi connectivity index (χ2v) is 10.9. The lowest BCUT2D eigenvalue weighted by molar-refractivity contribution is 0.587. The minimum atomic E-state index is -0.136. The van der Waals surface area contributed by atoms with Gasteiger partial charge in [-0.15, -0.1) is 0 Å². The van der Waals surface area contributed by atoms with Gasteiger partial charge in [0.15, 0.2) is 0 Å². The van der Waals surface area contributed by atoms with E-state index >= 15 is 0 Å². The molecule has 6 nitrogen and oxygen atoms in total. The zero-order chi connectivity index (χ0) is 26.3. The molecule has 10 rings (SSSR count). The monoisotopic (exact) mass is 514 g/mol. The van der Waals surface area contributed by atoms with E-state index in [0.717, 1.165) is 54.6 Å². The van der Waals surface area contributed by atoms with Crippen LogP contribution in [0.2, 0.25) is 0 Å². The van der Waals surface area contributed by atoms with E-state index in [1.54, 1.807) is 15.0 Å². The first-order valence-electron chi connectivity index (χ1n) is 13.4. The summed E-state index contributed by atoms with van der Waals surface area (Å²) in [5.74, 6) is 0.0201. The highest BCUT2D eigenvalue weighted by Gasteiger charge is 2.35. The molecule has 0 spiro atoms. The molecule has 0 saturated carbocycles. The summed E-state index contributed by atoms with van der Waals surface area (Å²) in [6.45, 7) is 0. The normalized spacial score (nSPS) is 19.5. The van der Waals surface area contributed by atoms with Gasteiger partial charge in [-0.3, -0.25) is 23.5 Å². The number of rotatable bonds is 0. The Morgan fingerprint density at radius 1 is 0.725 bits per heavy atom. The number of pyridine rings is 2. The Morgan fingerprint density at radius 3 is 2.40 bits per heavy atom. The average Bonchev–Trinajstić information content (AvgIpc) is 2.99. The van der Waals surface area contributed by atoms with E-state index in [1.807, 2.05) is 72.8 Å². The number of allylic oxidation sites excluding steroid dienone is 5. The second-order valence-electron chi connectivity index (χ2n) is 10.9. The molecule has 0 amide bonds. The summed E-state index contributed by atoms with van der Waals surface area (Å²) in [6, 6.07) is 19.6. The summed E-state index contributed by atoms with van der Waals surface area (Å²) < 4.78 is 3.51. The van der Waals surface area contributed by atoms with Gasteiger partial charge >= 0.3 is 0 Å². The Kier molecular flexibility index (Phi) is 3.50. The van der Waals surface area contributed by atoms with Crippen LogP contribution in [0.4, 0.5) is 0 Å². The molecule has 0 fully saturated rings. The second kappa shape index (κ2) is 6.79. The van der Waals surface area contributed by atoms with Crippen LogP contribution in [0.5, 0.6) is 0 Å². The average molecular weight is 515 g/mol. The number of benzene rings is 4. The van der Waals surface area contributed by atoms with Crippen molar-refractivity contribution in [2.45, 2.75) is 6.04 Å². The molecule has 3 aromatic heterocycles. The molecule has 0 N–H and O–H groups in total. The quantitative estimate of drug-likeness (QED) is 0.204. The van der Waals surface area contributed by atoms with Crippen molar-refractivity contribution in [2.24, 2.45) is 10.9 Å². The molecule has 2 unspecified atom stereocenters. The van der Waals surface area contributed by atoms with Gasteiger partial charge in [0.25, 0.3) is 11.1 Å². The van der Waals surface area contributed by atoms with Gasteiger partial charge in [0.1, 0.15) is 11.1 Å². The Bertz CT molecular complexity index is 2640. The minimum absolute atomic E-state index is 0.0201. The molecule has 6 heteroatoms. The van der Waals surface area contributed by atoms with Gasteiger partial charge in [0, 0.05) is 43.4 Å². The molecule has 2 aliphatic carbocycles. The third-order valence-corrected chi connectivity index (χ3v) is 8.96. The predicted octanol–water partition coefficient (Wildman–Crippen LogP) is 5.30. The molecular weight excluding hydrogens is 496 g/mol. The van der Waals surface area contributed by atoms with Crippen molar-refractivity contribution in [3.63, 3.8) is 0 Å². The van der Waals surface area contributed by atoms with Crippen molar-refractivity contribution < 1.29 is 0 Å². The van der Waals surface area contributed by atoms with Crippen molar-refractivity contribution in [3.05, 3.63) is 129 Å². The molecule has 2 atom stereocenters. The smallest absolute Gasteiger partial charge is 0.264 e. The first-order chi connectivity index (χ1) is 19.7. The maximum Gasteiger partial charge on any atom is 0.264 e. The van der Waals surface area contributed by atoms with E-state index < -0.39 is 0 Å². The molecule has 3 aliphatic rings. The van der Waals surface area contributed by atoms with Gasteiger partial charge in [-0.2, -0.15) is 0 Å². The van der Waals surface area contributed by atoms with E-state index in [2.05, 4.69) is 18.2 Å². The zero-order valence-electron chi connectivity index (χ0n) is 21.0. The van der Waals surface area contributed by atoms with E-state index in [1.165, 1.54) is 0 Å². The number of fused-ring (bicyclic) bond motifs is 6. The fourth-order valence-corrected chi connectivity index (χ4v) is 7.33. The van der Waals surface area contributed by atoms with Crippen LogP contribution in [-0.2, 0) is 0 Å². The largest absolute Gasteiger partial charge is 0.268 e. The molecule has 4 aromatic carbocycles. The third kappa shape index (κ3) is 2.25. The van der Waals surface area contributed by atoms with Crippen molar-refractivity contribution in [1.29, 1.82) is 0 Å². The lowest BCUT2D eigenvalue weighted by Gasteiger charge is -2.34. The van der Waals surface area contributed by atoms with Crippen molar-refractivity contribution in [1.82, 2.24) is 14.0 Å². The summed E-state index contributed by atoms with van der Waals surface area (Å²) in [7, 11) is 0. The highest BCUT2D eigenvalue weighted by atomic mass is 16.1. The first kappa shape index (κ1) is 20.6. The van der Waals surface area contributed by atoms with Crippen LogP contribution in [0.3, 0.4) is 0 Å². The summed E-state index contributed by atoms with van der Waals surface area (Å²) in [6.07, 6.45) is 12.4. The lowest BCUT2D eigenvalue weighted by atomic mass is 9.81. The maximum atomic E-state index is 14.2. The summed E-state index contributed by atoms with van der Waals surface area (Å²) in [5, 5.41) is 6.44. The topological polar surface area (TPSA) is 68.7 Å². The van der Waals surface area contributed by atoms with Crippen LogP contribution in [-0.4, -0.2) is 20.0 Å². The van der Waals surface area contributed by atoms with Crippen LogP contribution in [0.15, 0.2) is 117 Å². The minimum Gasteiger partial charge on any atom is -0.268 e. The lowest BCUT2D eigenvalue weighted by Crippen LogP contribution is -2.44. The number of hydrogen-bond acceptors (Lipinski definition) is 4. The molecule has 0 radical (unpaired) electrons. The third-order valence-electron chi connectivity index (χ3n) is 8.96. The summed E-state index contributed by atoms with van der Waals surface area (Å²) >= 11 is 0. The molecule has 186 valence electrons. The van der Waals surface area contributed by atoms with Crippen LogP contribution < -0.4 is 16.6 Å². The Balaban J connectivity index is 1.45. The highest BCUT2D eigenvalue weighted by molar-refractivity contribution is 6.25. The standard InChI is InChI=1S/C34H18N4O2/c39-33-21-15-16-22-30-20(32-36-24-10-2-6-18-8-4-12-26(28(18)24)38(32)34(22)40)14-13-19(29(21)30)31-35-23-9-1-5-17-7-3-11-25(27(17)23)37(31)33/h1-16,23,27H. The molecule has 0 bridgehead atoms. The Morgan fingerprint density at radius 2 is 1.50 bits per heavy atom. The molecular formula is C34H18N4O2. The fraction of sp³-hybridized carbons (Fsp3) is 0.0588. The maximum absolute atomic E-state index is 14.2. The number of hydrogen-bond donors (Lipinski definition) is 0. The molecule has 40 heavy (non-hydrogen) atoms. The zero-order valence-corrected chi connectivity index (χ0v) is 21.0. The summed E-state index contributed by atoms with van der Waals surface area (Å²) in [5.41, 5.74) is 4.77. The molecule has 7 aromatic rings. The van der Waals surface area contributed by atoms with Crippen LogP contribution in [0.25, 0.3) is 65.5 Å². The van der Waals surface area contributed by atoms with Gasteiger partial charge in [-0.05, 0) is 53.4 Å². The SMILES string of the molecule is O=c1c2ccc3c(=O)n4c5cccc6cccc(nc4c4ccc(c7n1C1=CC=CC8=CC=CC(N=7)C81)c2c34)c65. The summed E-state index contributed by atoms with van der Waals surface area (Å²) in [4.78, 5) is 38.6. The Hall–Kier alpha value is -5.36.